The van der Waals surface area contributed by atoms with Crippen molar-refractivity contribution in [2.75, 3.05) is 5.32 Å². The fraction of sp³-hybridized carbons (Fsp3) is 0. The molecule has 0 unspecified atom stereocenters. The van der Waals surface area contributed by atoms with Crippen LogP contribution in [0.25, 0.3) is 0 Å². The number of benzene rings is 1. The number of hydrogen-bond acceptors (Lipinski definition) is 4. The molecule has 0 aliphatic carbocycles. The molecule has 0 saturated heterocycles. The topological polar surface area (TPSA) is 96.0 Å². The van der Waals surface area contributed by atoms with Gasteiger partial charge in [0.05, 0.1) is 16.2 Å². The fourth-order valence-corrected chi connectivity index (χ4v) is 1.03. The molecule has 0 aromatic heterocycles. The van der Waals surface area contributed by atoms with Gasteiger partial charge in [-0.2, -0.15) is 5.26 Å². The van der Waals surface area contributed by atoms with Crippen molar-refractivity contribution >= 4 is 17.3 Å². The quantitative estimate of drug-likeness (QED) is 0.472. The maximum atomic E-state index is 11.0. The van der Waals surface area contributed by atoms with Crippen LogP contribution >= 0.6 is 0 Å². The van der Waals surface area contributed by atoms with Crippen LogP contribution in [0, 0.1) is 21.4 Å². The second-order valence-electron chi connectivity index (χ2n) is 2.79. The first-order valence-corrected chi connectivity index (χ1v) is 4.20. The molecule has 0 aliphatic heterocycles. The number of nitrogens with one attached hydrogen (secondary N) is 1. The summed E-state index contributed by atoms with van der Waals surface area (Å²) in [4.78, 5) is 20.8. The van der Waals surface area contributed by atoms with Crippen LogP contribution < -0.4 is 5.32 Å². The lowest BCUT2D eigenvalue weighted by Crippen LogP contribution is -2.08. The van der Waals surface area contributed by atoms with Gasteiger partial charge in [0.1, 0.15) is 6.07 Å². The van der Waals surface area contributed by atoms with Crippen molar-refractivity contribution in [3.05, 3.63) is 46.5 Å². The van der Waals surface area contributed by atoms with Crippen LogP contribution in [0.2, 0.25) is 0 Å². The number of anilines is 1. The smallest absolute Gasteiger partial charge is 0.270 e. The van der Waals surface area contributed by atoms with Crippen LogP contribution in [0.3, 0.4) is 0 Å². The molecule has 0 saturated carbocycles. The Morgan fingerprint density at radius 1 is 1.62 bits per heavy atom. The molecule has 0 atom stereocenters. The van der Waals surface area contributed by atoms with Crippen molar-refractivity contribution in [3.63, 3.8) is 0 Å². The number of nitro benzene ring substituents is 1. The van der Waals surface area contributed by atoms with Crippen LogP contribution in [0.5, 0.6) is 0 Å². The van der Waals surface area contributed by atoms with E-state index in [9.17, 15) is 14.9 Å². The number of carbonyl (C=O) groups excluding carboxylic acids is 1. The number of nitro groups is 1. The van der Waals surface area contributed by atoms with Crippen molar-refractivity contribution < 1.29 is 9.72 Å². The molecular weight excluding hydrogens is 210 g/mol. The van der Waals surface area contributed by atoms with Crippen LogP contribution in [0.4, 0.5) is 11.4 Å². The minimum atomic E-state index is -0.611. The molecule has 1 amide bonds. The summed E-state index contributed by atoms with van der Waals surface area (Å²) < 4.78 is 0. The summed E-state index contributed by atoms with van der Waals surface area (Å²) in [6.45, 7) is 3.25. The molecule has 0 spiro atoms. The molecule has 1 rings (SSSR count). The molecular formula is C10H7N3O3. The van der Waals surface area contributed by atoms with Gasteiger partial charge >= 0.3 is 0 Å². The van der Waals surface area contributed by atoms with E-state index in [0.29, 0.717) is 0 Å². The Morgan fingerprint density at radius 2 is 2.31 bits per heavy atom. The molecule has 1 aromatic rings. The number of carbonyl (C=O) groups is 1. The standard InChI is InChI=1S/C10H7N3O3/c1-2-10(14)12-9-4-3-8(13(15)16)5-7(9)6-11/h2-5H,1H2,(H,12,14). The number of amides is 1. The average Bonchev–Trinajstić information content (AvgIpc) is 2.29. The third-order valence-electron chi connectivity index (χ3n) is 1.78. The van der Waals surface area contributed by atoms with Crippen molar-refractivity contribution in [1.29, 1.82) is 5.26 Å². The molecule has 16 heavy (non-hydrogen) atoms. The highest BCUT2D eigenvalue weighted by atomic mass is 16.6. The lowest BCUT2D eigenvalue weighted by molar-refractivity contribution is -0.384. The van der Waals surface area contributed by atoms with E-state index < -0.39 is 10.8 Å². The van der Waals surface area contributed by atoms with E-state index in [1.807, 2.05) is 0 Å². The van der Waals surface area contributed by atoms with Crippen molar-refractivity contribution in [2.24, 2.45) is 0 Å². The molecule has 0 heterocycles. The number of non-ortho nitro benzene ring substituents is 1. The van der Waals surface area contributed by atoms with Crippen LogP contribution in [0.1, 0.15) is 5.56 Å². The number of nitriles is 1. The van der Waals surface area contributed by atoms with Gasteiger partial charge in [-0.1, -0.05) is 6.58 Å². The molecule has 6 heteroatoms. The van der Waals surface area contributed by atoms with E-state index in [1.165, 1.54) is 12.1 Å². The van der Waals surface area contributed by atoms with Gasteiger partial charge in [0.15, 0.2) is 0 Å². The Morgan fingerprint density at radius 3 is 2.81 bits per heavy atom. The van der Waals surface area contributed by atoms with Crippen molar-refractivity contribution in [2.45, 2.75) is 0 Å². The first-order chi connectivity index (χ1) is 7.58. The molecule has 0 aliphatic rings. The zero-order valence-electron chi connectivity index (χ0n) is 8.14. The Kier molecular flexibility index (Phi) is 3.35. The normalized spacial score (nSPS) is 8.94. The minimum absolute atomic E-state index is 0.0319. The summed E-state index contributed by atoms with van der Waals surface area (Å²) in [5.41, 5.74) is 0.0514. The van der Waals surface area contributed by atoms with E-state index in [1.54, 1.807) is 6.07 Å². The minimum Gasteiger partial charge on any atom is -0.321 e. The van der Waals surface area contributed by atoms with Crippen LogP contribution in [-0.2, 0) is 4.79 Å². The molecule has 1 aromatic carbocycles. The van der Waals surface area contributed by atoms with Gasteiger partial charge in [-0.15, -0.1) is 0 Å². The largest absolute Gasteiger partial charge is 0.321 e. The highest BCUT2D eigenvalue weighted by Crippen LogP contribution is 2.21. The zero-order valence-corrected chi connectivity index (χ0v) is 8.14. The zero-order chi connectivity index (χ0) is 12.1. The van der Waals surface area contributed by atoms with Crippen LogP contribution in [0.15, 0.2) is 30.9 Å². The fourth-order valence-electron chi connectivity index (χ4n) is 1.03. The predicted octanol–water partition coefficient (Wildman–Crippen LogP) is 1.59. The number of hydrogen-bond donors (Lipinski definition) is 1. The van der Waals surface area contributed by atoms with Gasteiger partial charge in [0, 0.05) is 12.1 Å². The summed E-state index contributed by atoms with van der Waals surface area (Å²) >= 11 is 0. The summed E-state index contributed by atoms with van der Waals surface area (Å²) in [5, 5.41) is 21.6. The van der Waals surface area contributed by atoms with Gasteiger partial charge in [0.25, 0.3) is 5.69 Å². The highest BCUT2D eigenvalue weighted by molar-refractivity contribution is 5.99. The van der Waals surface area contributed by atoms with Gasteiger partial charge in [0.2, 0.25) is 5.91 Å². The number of rotatable bonds is 3. The first-order valence-electron chi connectivity index (χ1n) is 4.20. The maximum Gasteiger partial charge on any atom is 0.270 e. The van der Waals surface area contributed by atoms with Gasteiger partial charge in [-0.05, 0) is 12.1 Å². The van der Waals surface area contributed by atoms with Gasteiger partial charge in [-0.25, -0.2) is 0 Å². The van der Waals surface area contributed by atoms with Gasteiger partial charge in [-0.3, -0.25) is 14.9 Å². The molecule has 0 radical (unpaired) electrons. The molecule has 0 fully saturated rings. The summed E-state index contributed by atoms with van der Waals surface area (Å²) in [6.07, 6.45) is 1.04. The Balaban J connectivity index is 3.13. The SMILES string of the molecule is C=CC(=O)Nc1ccc([N+](=O)[O-])cc1C#N. The second-order valence-corrected chi connectivity index (χ2v) is 2.79. The lowest BCUT2D eigenvalue weighted by atomic mass is 10.1. The van der Waals surface area contributed by atoms with E-state index >= 15 is 0 Å². The monoisotopic (exact) mass is 217 g/mol. The molecule has 0 bridgehead atoms. The third-order valence-corrected chi connectivity index (χ3v) is 1.78. The van der Waals surface area contributed by atoms with Crippen LogP contribution in [-0.4, -0.2) is 10.8 Å². The summed E-state index contributed by atoms with van der Waals surface area (Å²) in [7, 11) is 0. The molecule has 80 valence electrons. The predicted molar refractivity (Wildman–Crippen MR) is 56.6 cm³/mol. The third kappa shape index (κ3) is 2.42. The second kappa shape index (κ2) is 4.70. The lowest BCUT2D eigenvalue weighted by Gasteiger charge is -2.03. The van der Waals surface area contributed by atoms with Crippen molar-refractivity contribution in [1.82, 2.24) is 0 Å². The highest BCUT2D eigenvalue weighted by Gasteiger charge is 2.11. The average molecular weight is 217 g/mol. The Bertz CT molecular complexity index is 503. The van der Waals surface area contributed by atoms with E-state index in [4.69, 9.17) is 5.26 Å². The first kappa shape index (κ1) is 11.4. The van der Waals surface area contributed by atoms with E-state index in [0.717, 1.165) is 12.1 Å². The Hall–Kier alpha value is -2.68. The van der Waals surface area contributed by atoms with E-state index in [2.05, 4.69) is 11.9 Å². The summed E-state index contributed by atoms with van der Waals surface area (Å²) in [6, 6.07) is 5.37. The maximum absolute atomic E-state index is 11.0. The van der Waals surface area contributed by atoms with Gasteiger partial charge < -0.3 is 5.32 Å². The van der Waals surface area contributed by atoms with Crippen molar-refractivity contribution in [3.8, 4) is 6.07 Å². The molecule has 1 N–H and O–H groups in total. The van der Waals surface area contributed by atoms with E-state index in [-0.39, 0.29) is 16.9 Å². The number of nitrogens with zero attached hydrogens (tertiary/aromatic N) is 2. The summed E-state index contributed by atoms with van der Waals surface area (Å²) in [5.74, 6) is -0.481. The molecule has 6 nitrogen and oxygen atoms in total. The Labute approximate surface area is 91.0 Å².